The minimum Gasteiger partial charge on any atom is -0.466 e. The van der Waals surface area contributed by atoms with Crippen LogP contribution in [0.3, 0.4) is 0 Å². The van der Waals surface area contributed by atoms with E-state index in [4.69, 9.17) is 10.5 Å². The third-order valence-corrected chi connectivity index (χ3v) is 2.12. The average Bonchev–Trinajstić information content (AvgIpc) is 2.67. The maximum absolute atomic E-state index is 11.2. The largest absolute Gasteiger partial charge is 0.466 e. The first-order valence-electron chi connectivity index (χ1n) is 5.14. The number of esters is 2. The van der Waals surface area contributed by atoms with E-state index in [0.29, 0.717) is 13.2 Å². The Hall–Kier alpha value is -2.05. The molecule has 7 heteroatoms. The van der Waals surface area contributed by atoms with Crippen LogP contribution in [0.15, 0.2) is 6.33 Å². The van der Waals surface area contributed by atoms with Crippen molar-refractivity contribution >= 4 is 17.8 Å². The van der Waals surface area contributed by atoms with Gasteiger partial charge in [-0.15, -0.1) is 0 Å². The summed E-state index contributed by atoms with van der Waals surface area (Å²) in [5.74, 6) is -0.737. The second-order valence-electron chi connectivity index (χ2n) is 3.22. The quantitative estimate of drug-likeness (QED) is 0.740. The summed E-state index contributed by atoms with van der Waals surface area (Å²) in [6, 6.07) is 0. The lowest BCUT2D eigenvalue weighted by Crippen LogP contribution is -2.11. The molecule has 0 amide bonds. The molecule has 0 unspecified atom stereocenters. The molecular weight excluding hydrogens is 226 g/mol. The zero-order chi connectivity index (χ0) is 12.8. The molecule has 0 saturated heterocycles. The summed E-state index contributed by atoms with van der Waals surface area (Å²) < 4.78 is 10.8. The Balaban J connectivity index is 2.64. The monoisotopic (exact) mass is 241 g/mol. The summed E-state index contributed by atoms with van der Waals surface area (Å²) in [7, 11) is 1.25. The van der Waals surface area contributed by atoms with E-state index in [0.717, 1.165) is 0 Å². The molecule has 1 aromatic heterocycles. The molecule has 0 radical (unpaired) electrons. The van der Waals surface area contributed by atoms with Gasteiger partial charge in [0.2, 0.25) is 0 Å². The average molecular weight is 241 g/mol. The number of ether oxygens (including phenoxy) is 2. The van der Waals surface area contributed by atoms with E-state index in [1.165, 1.54) is 18.0 Å². The third kappa shape index (κ3) is 3.20. The van der Waals surface area contributed by atoms with Crippen LogP contribution in [0, 0.1) is 0 Å². The van der Waals surface area contributed by atoms with E-state index in [-0.39, 0.29) is 23.9 Å². The van der Waals surface area contributed by atoms with E-state index in [1.54, 1.807) is 6.92 Å². The van der Waals surface area contributed by atoms with Crippen LogP contribution < -0.4 is 5.73 Å². The van der Waals surface area contributed by atoms with Crippen LogP contribution in [0.4, 0.5) is 5.82 Å². The minimum absolute atomic E-state index is 0.0522. The number of aryl methyl sites for hydroxylation is 1. The summed E-state index contributed by atoms with van der Waals surface area (Å²) in [4.78, 5) is 26.2. The van der Waals surface area contributed by atoms with Crippen LogP contribution in [-0.2, 0) is 20.8 Å². The third-order valence-electron chi connectivity index (χ3n) is 2.12. The molecule has 0 aliphatic rings. The van der Waals surface area contributed by atoms with Gasteiger partial charge >= 0.3 is 11.9 Å². The number of nitrogens with zero attached hydrogens (tertiary/aromatic N) is 2. The fourth-order valence-corrected chi connectivity index (χ4v) is 1.27. The number of hydrogen-bond acceptors (Lipinski definition) is 6. The number of carbonyl (C=O) groups excluding carboxylic acids is 2. The highest BCUT2D eigenvalue weighted by atomic mass is 16.5. The lowest BCUT2D eigenvalue weighted by molar-refractivity contribution is -0.143. The highest BCUT2D eigenvalue weighted by Crippen LogP contribution is 2.11. The van der Waals surface area contributed by atoms with E-state index in [9.17, 15) is 9.59 Å². The summed E-state index contributed by atoms with van der Waals surface area (Å²) in [6.07, 6.45) is 1.57. The van der Waals surface area contributed by atoms with Crippen molar-refractivity contribution in [2.75, 3.05) is 19.5 Å². The highest BCUT2D eigenvalue weighted by molar-refractivity contribution is 5.92. The number of aromatic nitrogens is 2. The van der Waals surface area contributed by atoms with E-state index >= 15 is 0 Å². The first-order chi connectivity index (χ1) is 8.10. The van der Waals surface area contributed by atoms with Crippen molar-refractivity contribution in [3.05, 3.63) is 12.0 Å². The van der Waals surface area contributed by atoms with Crippen LogP contribution in [0.1, 0.15) is 23.8 Å². The molecule has 0 bridgehead atoms. The summed E-state index contributed by atoms with van der Waals surface area (Å²) in [5.41, 5.74) is 5.74. The first-order valence-corrected chi connectivity index (χ1v) is 5.14. The van der Waals surface area contributed by atoms with E-state index < -0.39 is 5.97 Å². The van der Waals surface area contributed by atoms with Gasteiger partial charge in [0.05, 0.1) is 26.5 Å². The number of carbonyl (C=O) groups is 2. The molecule has 0 saturated carbocycles. The second-order valence-corrected chi connectivity index (χ2v) is 3.22. The molecule has 94 valence electrons. The van der Waals surface area contributed by atoms with Crippen LogP contribution in [0.2, 0.25) is 0 Å². The van der Waals surface area contributed by atoms with Gasteiger partial charge in [0.15, 0.2) is 5.69 Å². The van der Waals surface area contributed by atoms with Crippen molar-refractivity contribution in [2.24, 2.45) is 0 Å². The van der Waals surface area contributed by atoms with Crippen molar-refractivity contribution in [2.45, 2.75) is 19.9 Å². The molecule has 0 fully saturated rings. The van der Waals surface area contributed by atoms with Gasteiger partial charge in [-0.05, 0) is 6.92 Å². The van der Waals surface area contributed by atoms with E-state index in [1.807, 2.05) is 0 Å². The van der Waals surface area contributed by atoms with Gasteiger partial charge in [0, 0.05) is 6.54 Å². The first kappa shape index (κ1) is 13.0. The van der Waals surface area contributed by atoms with Crippen LogP contribution in [0.5, 0.6) is 0 Å². The van der Waals surface area contributed by atoms with Gasteiger partial charge in [0.1, 0.15) is 5.82 Å². The standard InChI is InChI=1S/C10H15N3O4/c1-3-17-7(14)4-5-13-6-12-8(9(13)11)10(15)16-2/h6H,3-5,11H2,1-2H3. The Morgan fingerprint density at radius 3 is 2.82 bits per heavy atom. The van der Waals surface area contributed by atoms with Crippen LogP contribution >= 0.6 is 0 Å². The van der Waals surface area contributed by atoms with Crippen LogP contribution in [0.25, 0.3) is 0 Å². The SMILES string of the molecule is CCOC(=O)CCn1cnc(C(=O)OC)c1N. The maximum Gasteiger partial charge on any atom is 0.360 e. The highest BCUT2D eigenvalue weighted by Gasteiger charge is 2.16. The van der Waals surface area contributed by atoms with Crippen molar-refractivity contribution < 1.29 is 19.1 Å². The summed E-state index contributed by atoms with van der Waals surface area (Å²) >= 11 is 0. The predicted molar refractivity (Wildman–Crippen MR) is 59.2 cm³/mol. The Bertz CT molecular complexity index is 414. The number of methoxy groups -OCH3 is 1. The van der Waals surface area contributed by atoms with Crippen LogP contribution in [-0.4, -0.2) is 35.2 Å². The predicted octanol–water partition coefficient (Wildman–Crippen LogP) is 0.205. The zero-order valence-electron chi connectivity index (χ0n) is 9.80. The number of nitrogen functional groups attached to an aromatic ring is 1. The molecule has 1 rings (SSSR count). The van der Waals surface area contributed by atoms with Gasteiger partial charge in [-0.2, -0.15) is 0 Å². The molecule has 1 heterocycles. The zero-order valence-corrected chi connectivity index (χ0v) is 9.80. The van der Waals surface area contributed by atoms with Gasteiger partial charge in [-0.25, -0.2) is 9.78 Å². The summed E-state index contributed by atoms with van der Waals surface area (Å²) in [6.45, 7) is 2.39. The Labute approximate surface area is 98.5 Å². The fraction of sp³-hybridized carbons (Fsp3) is 0.500. The molecular formula is C10H15N3O4. The Morgan fingerprint density at radius 2 is 2.24 bits per heavy atom. The number of hydrogen-bond donors (Lipinski definition) is 1. The molecule has 0 atom stereocenters. The van der Waals surface area contributed by atoms with Gasteiger partial charge in [0.25, 0.3) is 0 Å². The number of anilines is 1. The number of nitrogens with two attached hydrogens (primary N) is 1. The Morgan fingerprint density at radius 1 is 1.53 bits per heavy atom. The fourth-order valence-electron chi connectivity index (χ4n) is 1.27. The smallest absolute Gasteiger partial charge is 0.360 e. The van der Waals surface area contributed by atoms with Crippen molar-refractivity contribution in [3.8, 4) is 0 Å². The normalized spacial score (nSPS) is 10.0. The number of imidazole rings is 1. The molecule has 17 heavy (non-hydrogen) atoms. The molecule has 2 N–H and O–H groups in total. The molecule has 0 aliphatic carbocycles. The maximum atomic E-state index is 11.2. The topological polar surface area (TPSA) is 96.4 Å². The molecule has 0 spiro atoms. The lowest BCUT2D eigenvalue weighted by atomic mass is 10.4. The second kappa shape index (κ2) is 5.88. The Kier molecular flexibility index (Phi) is 4.50. The lowest BCUT2D eigenvalue weighted by Gasteiger charge is -2.05. The molecule has 0 aliphatic heterocycles. The minimum atomic E-state index is -0.600. The van der Waals surface area contributed by atoms with Gasteiger partial charge in [-0.1, -0.05) is 0 Å². The summed E-state index contributed by atoms with van der Waals surface area (Å²) in [5, 5.41) is 0. The van der Waals surface area contributed by atoms with Gasteiger partial charge < -0.3 is 19.8 Å². The molecule has 0 aromatic carbocycles. The van der Waals surface area contributed by atoms with E-state index in [2.05, 4.69) is 9.72 Å². The molecule has 1 aromatic rings. The van der Waals surface area contributed by atoms with Crippen molar-refractivity contribution in [3.63, 3.8) is 0 Å². The number of rotatable bonds is 5. The van der Waals surface area contributed by atoms with Gasteiger partial charge in [-0.3, -0.25) is 4.79 Å². The molecule has 7 nitrogen and oxygen atoms in total. The van der Waals surface area contributed by atoms with Crippen molar-refractivity contribution in [1.29, 1.82) is 0 Å². The van der Waals surface area contributed by atoms with Crippen molar-refractivity contribution in [1.82, 2.24) is 9.55 Å².